The molecule has 1 heterocycles. The lowest BCUT2D eigenvalue weighted by Crippen LogP contribution is -2.26. The highest BCUT2D eigenvalue weighted by Crippen LogP contribution is 2.39. The lowest BCUT2D eigenvalue weighted by molar-refractivity contribution is 0.0955. The largest absolute Gasteiger partial charge is 0.490 e. The SMILES string of the molecule is CCOc1cc(C(=O)NCCSc2ncc(-c3ccccc3)[nH]2)cc(OCC)c1OCC. The normalized spacial score (nSPS) is 10.6. The first-order valence-electron chi connectivity index (χ1n) is 10.7. The standard InChI is InChI=1S/C24H29N3O4S/c1-4-29-20-14-18(15-21(30-5-2)22(20)31-6-3)23(28)25-12-13-32-24-26-16-19(27-24)17-10-8-7-9-11-17/h7-11,14-16H,4-6,12-13H2,1-3H3,(H,25,28)(H,26,27). The Balaban J connectivity index is 1.59. The highest BCUT2D eigenvalue weighted by molar-refractivity contribution is 7.99. The van der Waals surface area contributed by atoms with Gasteiger partial charge in [-0.3, -0.25) is 4.79 Å². The number of imidazole rings is 1. The molecule has 0 radical (unpaired) electrons. The van der Waals surface area contributed by atoms with Gasteiger partial charge in [0.25, 0.3) is 5.91 Å². The molecule has 0 bridgehead atoms. The number of amides is 1. The number of thioether (sulfide) groups is 1. The smallest absolute Gasteiger partial charge is 0.251 e. The number of hydrogen-bond acceptors (Lipinski definition) is 6. The van der Waals surface area contributed by atoms with Gasteiger partial charge in [0.1, 0.15) is 0 Å². The molecule has 0 spiro atoms. The highest BCUT2D eigenvalue weighted by Gasteiger charge is 2.18. The number of nitrogens with one attached hydrogen (secondary N) is 2. The Morgan fingerprint density at radius 2 is 1.66 bits per heavy atom. The molecule has 0 aliphatic heterocycles. The Bertz CT molecular complexity index is 980. The maximum Gasteiger partial charge on any atom is 0.251 e. The van der Waals surface area contributed by atoms with Gasteiger partial charge in [0, 0.05) is 17.9 Å². The molecule has 2 aromatic carbocycles. The molecule has 170 valence electrons. The first-order chi connectivity index (χ1) is 15.7. The van der Waals surface area contributed by atoms with Gasteiger partial charge < -0.3 is 24.5 Å². The van der Waals surface area contributed by atoms with Crippen LogP contribution in [-0.2, 0) is 0 Å². The van der Waals surface area contributed by atoms with E-state index in [0.29, 0.717) is 54.9 Å². The van der Waals surface area contributed by atoms with Crippen molar-refractivity contribution in [3.63, 3.8) is 0 Å². The van der Waals surface area contributed by atoms with E-state index < -0.39 is 0 Å². The zero-order valence-electron chi connectivity index (χ0n) is 18.6. The summed E-state index contributed by atoms with van der Waals surface area (Å²) in [6.07, 6.45) is 1.82. The van der Waals surface area contributed by atoms with Gasteiger partial charge in [-0.2, -0.15) is 0 Å². The van der Waals surface area contributed by atoms with Crippen LogP contribution in [0.15, 0.2) is 53.8 Å². The van der Waals surface area contributed by atoms with Crippen molar-refractivity contribution in [2.24, 2.45) is 0 Å². The van der Waals surface area contributed by atoms with Crippen molar-refractivity contribution in [3.05, 3.63) is 54.2 Å². The molecule has 0 atom stereocenters. The highest BCUT2D eigenvalue weighted by atomic mass is 32.2. The van der Waals surface area contributed by atoms with E-state index in [4.69, 9.17) is 14.2 Å². The second kappa shape index (κ2) is 12.0. The van der Waals surface area contributed by atoms with Gasteiger partial charge in [0.05, 0.1) is 31.7 Å². The van der Waals surface area contributed by atoms with E-state index >= 15 is 0 Å². The monoisotopic (exact) mass is 455 g/mol. The van der Waals surface area contributed by atoms with Crippen LogP contribution in [0.2, 0.25) is 0 Å². The minimum absolute atomic E-state index is 0.194. The van der Waals surface area contributed by atoms with Crippen LogP contribution in [0, 0.1) is 0 Å². The van der Waals surface area contributed by atoms with Crippen molar-refractivity contribution in [3.8, 4) is 28.5 Å². The van der Waals surface area contributed by atoms with Crippen LogP contribution in [0.3, 0.4) is 0 Å². The lowest BCUT2D eigenvalue weighted by atomic mass is 10.1. The number of benzene rings is 2. The molecule has 3 rings (SSSR count). The van der Waals surface area contributed by atoms with E-state index in [1.54, 1.807) is 23.9 Å². The fourth-order valence-electron chi connectivity index (χ4n) is 3.07. The van der Waals surface area contributed by atoms with Gasteiger partial charge in [0.15, 0.2) is 16.7 Å². The molecule has 0 aliphatic carbocycles. The molecule has 2 N–H and O–H groups in total. The molecule has 0 saturated heterocycles. The van der Waals surface area contributed by atoms with Crippen LogP contribution in [0.5, 0.6) is 17.2 Å². The quantitative estimate of drug-likeness (QED) is 0.302. The van der Waals surface area contributed by atoms with Gasteiger partial charge in [-0.15, -0.1) is 0 Å². The third-order valence-electron chi connectivity index (χ3n) is 4.44. The number of carbonyl (C=O) groups excluding carboxylic acids is 1. The third-order valence-corrected chi connectivity index (χ3v) is 5.32. The summed E-state index contributed by atoms with van der Waals surface area (Å²) in [6, 6.07) is 13.4. The number of ether oxygens (including phenoxy) is 3. The van der Waals surface area contributed by atoms with Gasteiger partial charge in [0.2, 0.25) is 5.75 Å². The molecular formula is C24H29N3O4S. The maximum atomic E-state index is 12.7. The molecule has 8 heteroatoms. The number of rotatable bonds is 12. The summed E-state index contributed by atoms with van der Waals surface area (Å²) in [5, 5.41) is 3.76. The number of H-pyrrole nitrogens is 1. The molecule has 0 saturated carbocycles. The Hall–Kier alpha value is -3.13. The van der Waals surface area contributed by atoms with E-state index in [2.05, 4.69) is 15.3 Å². The molecule has 32 heavy (non-hydrogen) atoms. The van der Waals surface area contributed by atoms with E-state index in [-0.39, 0.29) is 5.91 Å². The summed E-state index contributed by atoms with van der Waals surface area (Å²) >= 11 is 1.55. The van der Waals surface area contributed by atoms with Crippen molar-refractivity contribution < 1.29 is 19.0 Å². The van der Waals surface area contributed by atoms with Crippen LogP contribution >= 0.6 is 11.8 Å². The van der Waals surface area contributed by atoms with Crippen LogP contribution in [0.1, 0.15) is 31.1 Å². The van der Waals surface area contributed by atoms with E-state index in [1.165, 1.54) is 0 Å². The van der Waals surface area contributed by atoms with Gasteiger partial charge in [-0.05, 0) is 38.5 Å². The lowest BCUT2D eigenvalue weighted by Gasteiger charge is -2.17. The summed E-state index contributed by atoms with van der Waals surface area (Å²) in [5.74, 6) is 2.02. The fraction of sp³-hybridized carbons (Fsp3) is 0.333. The number of aromatic nitrogens is 2. The topological polar surface area (TPSA) is 85.5 Å². The number of aromatic amines is 1. The summed E-state index contributed by atoms with van der Waals surface area (Å²) in [6.45, 7) is 7.55. The van der Waals surface area contributed by atoms with Crippen molar-refractivity contribution >= 4 is 17.7 Å². The third kappa shape index (κ3) is 6.20. The van der Waals surface area contributed by atoms with Crippen LogP contribution in [0.25, 0.3) is 11.3 Å². The van der Waals surface area contributed by atoms with Crippen LogP contribution in [-0.4, -0.2) is 48.0 Å². The molecule has 0 aliphatic rings. The molecule has 0 unspecified atom stereocenters. The first kappa shape index (κ1) is 23.5. The first-order valence-corrected chi connectivity index (χ1v) is 11.7. The Morgan fingerprint density at radius 3 is 2.28 bits per heavy atom. The van der Waals surface area contributed by atoms with Gasteiger partial charge in [-0.25, -0.2) is 4.98 Å². The second-order valence-electron chi connectivity index (χ2n) is 6.67. The average Bonchev–Trinajstić information content (AvgIpc) is 3.28. The Labute approximate surface area is 192 Å². The molecule has 1 aromatic heterocycles. The van der Waals surface area contributed by atoms with Crippen molar-refractivity contribution in [2.45, 2.75) is 25.9 Å². The number of carbonyl (C=O) groups is 1. The van der Waals surface area contributed by atoms with Crippen molar-refractivity contribution in [2.75, 3.05) is 32.1 Å². The Morgan fingerprint density at radius 1 is 1.00 bits per heavy atom. The summed E-state index contributed by atoms with van der Waals surface area (Å²) in [7, 11) is 0. The van der Waals surface area contributed by atoms with E-state index in [1.807, 2.05) is 57.3 Å². The van der Waals surface area contributed by atoms with Crippen LogP contribution in [0.4, 0.5) is 0 Å². The summed E-state index contributed by atoms with van der Waals surface area (Å²) in [4.78, 5) is 20.4. The predicted molar refractivity (Wildman–Crippen MR) is 127 cm³/mol. The fourth-order valence-corrected chi connectivity index (χ4v) is 3.78. The molecule has 0 fully saturated rings. The molecule has 7 nitrogen and oxygen atoms in total. The average molecular weight is 456 g/mol. The van der Waals surface area contributed by atoms with Crippen molar-refractivity contribution in [1.82, 2.24) is 15.3 Å². The molecule has 1 amide bonds. The van der Waals surface area contributed by atoms with Gasteiger partial charge >= 0.3 is 0 Å². The van der Waals surface area contributed by atoms with Crippen molar-refractivity contribution in [1.29, 1.82) is 0 Å². The van der Waals surface area contributed by atoms with E-state index in [0.717, 1.165) is 16.4 Å². The van der Waals surface area contributed by atoms with Crippen LogP contribution < -0.4 is 19.5 Å². The minimum atomic E-state index is -0.194. The zero-order chi connectivity index (χ0) is 22.8. The molecule has 3 aromatic rings. The summed E-state index contributed by atoms with van der Waals surface area (Å²) < 4.78 is 17.1. The van der Waals surface area contributed by atoms with E-state index in [9.17, 15) is 4.79 Å². The number of hydrogen-bond donors (Lipinski definition) is 2. The maximum absolute atomic E-state index is 12.7. The minimum Gasteiger partial charge on any atom is -0.490 e. The second-order valence-corrected chi connectivity index (χ2v) is 7.76. The summed E-state index contributed by atoms with van der Waals surface area (Å²) in [5.41, 5.74) is 2.53. The predicted octanol–water partition coefficient (Wildman–Crippen LogP) is 4.79. The number of nitrogens with zero attached hydrogens (tertiary/aromatic N) is 1. The zero-order valence-corrected chi connectivity index (χ0v) is 19.5. The Kier molecular flexibility index (Phi) is 8.86. The van der Waals surface area contributed by atoms with Gasteiger partial charge in [-0.1, -0.05) is 42.1 Å². The molecular weight excluding hydrogens is 426 g/mol.